The van der Waals surface area contributed by atoms with Gasteiger partial charge in [0.05, 0.1) is 5.69 Å². The van der Waals surface area contributed by atoms with Crippen LogP contribution in [0.5, 0.6) is 0 Å². The largest absolute Gasteiger partial charge is 0.393 e. The number of nitrogen functional groups attached to an aromatic ring is 1. The fraction of sp³-hybridized carbons (Fsp3) is 0.500. The molecule has 0 radical (unpaired) electrons. The zero-order valence-electron chi connectivity index (χ0n) is 6.14. The van der Waals surface area contributed by atoms with Gasteiger partial charge in [0, 0.05) is 6.54 Å². The Hall–Kier alpha value is -1.19. The quantitative estimate of drug-likeness (QED) is 0.582. The lowest BCUT2D eigenvalue weighted by atomic mass is 10.4. The SMILES string of the molecule is CCn1[nH]c(C)c(N)c1=O. The minimum Gasteiger partial charge on any atom is -0.393 e. The number of nitrogens with one attached hydrogen (secondary N) is 1. The Bertz CT molecular complexity index is 284. The van der Waals surface area contributed by atoms with Crippen LogP contribution < -0.4 is 11.3 Å². The second kappa shape index (κ2) is 2.21. The van der Waals surface area contributed by atoms with Gasteiger partial charge >= 0.3 is 0 Å². The summed E-state index contributed by atoms with van der Waals surface area (Å²) in [7, 11) is 0. The van der Waals surface area contributed by atoms with Crippen LogP contribution in [0.25, 0.3) is 0 Å². The number of anilines is 1. The smallest absolute Gasteiger partial charge is 0.289 e. The van der Waals surface area contributed by atoms with Crippen molar-refractivity contribution in [3.05, 3.63) is 16.0 Å². The highest BCUT2D eigenvalue weighted by atomic mass is 16.1. The molecule has 0 aliphatic heterocycles. The van der Waals surface area contributed by atoms with Gasteiger partial charge in [-0.3, -0.25) is 14.6 Å². The minimum absolute atomic E-state index is 0.125. The van der Waals surface area contributed by atoms with Crippen LogP contribution in [0.2, 0.25) is 0 Å². The molecule has 0 aliphatic carbocycles. The van der Waals surface area contributed by atoms with E-state index in [4.69, 9.17) is 5.73 Å². The van der Waals surface area contributed by atoms with Crippen molar-refractivity contribution in [2.45, 2.75) is 20.4 Å². The van der Waals surface area contributed by atoms with Crippen molar-refractivity contribution >= 4 is 5.69 Å². The Morgan fingerprint density at radius 1 is 1.70 bits per heavy atom. The van der Waals surface area contributed by atoms with E-state index in [0.717, 1.165) is 5.69 Å². The monoisotopic (exact) mass is 141 g/mol. The van der Waals surface area contributed by atoms with E-state index in [1.54, 1.807) is 6.92 Å². The summed E-state index contributed by atoms with van der Waals surface area (Å²) in [5.74, 6) is 0. The first-order chi connectivity index (χ1) is 4.66. The molecule has 0 amide bonds. The molecule has 1 aromatic rings. The molecule has 0 fully saturated rings. The Balaban J connectivity index is 3.31. The molecule has 0 spiro atoms. The average molecular weight is 141 g/mol. The van der Waals surface area contributed by atoms with Crippen LogP contribution in [0.15, 0.2) is 4.79 Å². The van der Waals surface area contributed by atoms with Gasteiger partial charge in [-0.1, -0.05) is 0 Å². The minimum atomic E-state index is -0.125. The second-order valence-electron chi connectivity index (χ2n) is 2.20. The molecule has 0 atom stereocenters. The van der Waals surface area contributed by atoms with Gasteiger partial charge in [-0.2, -0.15) is 0 Å². The van der Waals surface area contributed by atoms with Crippen molar-refractivity contribution in [2.75, 3.05) is 5.73 Å². The lowest BCUT2D eigenvalue weighted by Gasteiger charge is -1.90. The highest BCUT2D eigenvalue weighted by Gasteiger charge is 2.03. The van der Waals surface area contributed by atoms with Gasteiger partial charge in [0.2, 0.25) is 0 Å². The summed E-state index contributed by atoms with van der Waals surface area (Å²) in [4.78, 5) is 11.0. The maximum Gasteiger partial charge on any atom is 0.289 e. The zero-order valence-corrected chi connectivity index (χ0v) is 6.14. The molecule has 1 rings (SSSR count). The third kappa shape index (κ3) is 0.814. The van der Waals surface area contributed by atoms with Crippen molar-refractivity contribution in [3.63, 3.8) is 0 Å². The molecule has 0 bridgehead atoms. The van der Waals surface area contributed by atoms with Crippen LogP contribution in [0.3, 0.4) is 0 Å². The van der Waals surface area contributed by atoms with Crippen LogP contribution in [0, 0.1) is 6.92 Å². The summed E-state index contributed by atoms with van der Waals surface area (Å²) in [5.41, 5.74) is 6.35. The summed E-state index contributed by atoms with van der Waals surface area (Å²) in [6.45, 7) is 4.30. The van der Waals surface area contributed by atoms with Gasteiger partial charge in [0.15, 0.2) is 0 Å². The molecule has 0 saturated heterocycles. The molecular weight excluding hydrogens is 130 g/mol. The number of nitrogens with zero attached hydrogens (tertiary/aromatic N) is 1. The first-order valence-corrected chi connectivity index (χ1v) is 3.21. The van der Waals surface area contributed by atoms with Crippen molar-refractivity contribution in [1.29, 1.82) is 0 Å². The molecule has 4 heteroatoms. The Morgan fingerprint density at radius 2 is 2.30 bits per heavy atom. The summed E-state index contributed by atoms with van der Waals surface area (Å²) in [5, 5.41) is 2.84. The summed E-state index contributed by atoms with van der Waals surface area (Å²) in [6.07, 6.45) is 0. The number of hydrogen-bond acceptors (Lipinski definition) is 2. The first-order valence-electron chi connectivity index (χ1n) is 3.21. The zero-order chi connectivity index (χ0) is 7.72. The van der Waals surface area contributed by atoms with Gasteiger partial charge in [0.1, 0.15) is 5.69 Å². The maximum absolute atomic E-state index is 11.0. The Morgan fingerprint density at radius 3 is 2.50 bits per heavy atom. The molecule has 1 heterocycles. The molecule has 0 aliphatic rings. The van der Waals surface area contributed by atoms with E-state index >= 15 is 0 Å². The van der Waals surface area contributed by atoms with E-state index in [0.29, 0.717) is 12.2 Å². The third-order valence-corrected chi connectivity index (χ3v) is 1.50. The normalized spacial score (nSPS) is 10.2. The van der Waals surface area contributed by atoms with E-state index in [1.165, 1.54) is 4.68 Å². The predicted molar refractivity (Wildman–Crippen MR) is 39.9 cm³/mol. The van der Waals surface area contributed by atoms with Gasteiger partial charge in [-0.25, -0.2) is 0 Å². The van der Waals surface area contributed by atoms with Crippen LogP contribution >= 0.6 is 0 Å². The second-order valence-corrected chi connectivity index (χ2v) is 2.20. The van der Waals surface area contributed by atoms with Crippen LogP contribution in [0.4, 0.5) is 5.69 Å². The summed E-state index contributed by atoms with van der Waals surface area (Å²) >= 11 is 0. The van der Waals surface area contributed by atoms with Gasteiger partial charge in [-0.15, -0.1) is 0 Å². The van der Waals surface area contributed by atoms with Crippen LogP contribution in [0.1, 0.15) is 12.6 Å². The molecule has 10 heavy (non-hydrogen) atoms. The number of aromatic amines is 1. The van der Waals surface area contributed by atoms with E-state index in [-0.39, 0.29) is 5.56 Å². The number of H-pyrrole nitrogens is 1. The van der Waals surface area contributed by atoms with Gasteiger partial charge < -0.3 is 5.73 Å². The van der Waals surface area contributed by atoms with E-state index in [1.807, 2.05) is 6.92 Å². The van der Waals surface area contributed by atoms with Crippen molar-refractivity contribution in [2.24, 2.45) is 0 Å². The summed E-state index contributed by atoms with van der Waals surface area (Å²) in [6, 6.07) is 0. The number of hydrogen-bond donors (Lipinski definition) is 2. The van der Waals surface area contributed by atoms with Crippen molar-refractivity contribution in [3.8, 4) is 0 Å². The number of nitrogens with two attached hydrogens (primary N) is 1. The van der Waals surface area contributed by atoms with E-state index < -0.39 is 0 Å². The Kier molecular flexibility index (Phi) is 1.53. The topological polar surface area (TPSA) is 63.8 Å². The highest BCUT2D eigenvalue weighted by molar-refractivity contribution is 5.39. The first kappa shape index (κ1) is 6.92. The lowest BCUT2D eigenvalue weighted by Crippen LogP contribution is -2.17. The maximum atomic E-state index is 11.0. The predicted octanol–water partition coefficient (Wildman–Crippen LogP) is 0.0869. The Labute approximate surface area is 58.6 Å². The molecule has 0 saturated carbocycles. The van der Waals surface area contributed by atoms with Crippen LogP contribution in [-0.4, -0.2) is 9.78 Å². The lowest BCUT2D eigenvalue weighted by molar-refractivity contribution is 0.633. The standard InChI is InChI=1S/C6H11N3O/c1-3-9-6(10)5(7)4(2)8-9/h8H,3,7H2,1-2H3. The fourth-order valence-corrected chi connectivity index (χ4v) is 0.842. The van der Waals surface area contributed by atoms with Crippen molar-refractivity contribution in [1.82, 2.24) is 9.78 Å². The van der Waals surface area contributed by atoms with Gasteiger partial charge in [0.25, 0.3) is 5.56 Å². The van der Waals surface area contributed by atoms with E-state index in [9.17, 15) is 4.79 Å². The average Bonchev–Trinajstić information content (AvgIpc) is 2.17. The molecule has 1 aromatic heterocycles. The third-order valence-electron chi connectivity index (χ3n) is 1.50. The molecule has 56 valence electrons. The summed E-state index contributed by atoms with van der Waals surface area (Å²) < 4.78 is 1.48. The molecule has 3 N–H and O–H groups in total. The van der Waals surface area contributed by atoms with Crippen LogP contribution in [-0.2, 0) is 6.54 Å². The molecule has 4 nitrogen and oxygen atoms in total. The number of aromatic nitrogens is 2. The number of aryl methyl sites for hydroxylation is 2. The number of rotatable bonds is 1. The fourth-order valence-electron chi connectivity index (χ4n) is 0.842. The molecular formula is C6H11N3O. The van der Waals surface area contributed by atoms with E-state index in [2.05, 4.69) is 5.10 Å². The van der Waals surface area contributed by atoms with Crippen molar-refractivity contribution < 1.29 is 0 Å². The molecule has 0 unspecified atom stereocenters. The van der Waals surface area contributed by atoms with Gasteiger partial charge in [-0.05, 0) is 13.8 Å². The molecule has 0 aromatic carbocycles. The highest BCUT2D eigenvalue weighted by Crippen LogP contribution is 1.98.